The van der Waals surface area contributed by atoms with Gasteiger partial charge in [-0.3, -0.25) is 9.59 Å². The zero-order valence-electron chi connectivity index (χ0n) is 19.0. The molecule has 2 fully saturated rings. The minimum atomic E-state index is -0.0845. The Labute approximate surface area is 189 Å². The average molecular weight is 438 g/mol. The van der Waals surface area contributed by atoms with Crippen molar-refractivity contribution in [2.24, 2.45) is 5.92 Å². The number of carbonyl (C=O) groups excluding carboxylic acids is 2. The Morgan fingerprint density at radius 3 is 2.44 bits per heavy atom. The molecule has 1 aliphatic heterocycles. The molecule has 0 atom stereocenters. The summed E-state index contributed by atoms with van der Waals surface area (Å²) in [6.07, 6.45) is 2.01. The highest BCUT2D eigenvalue weighted by Gasteiger charge is 2.36. The molecule has 0 bridgehead atoms. The van der Waals surface area contributed by atoms with E-state index >= 15 is 0 Å². The largest absolute Gasteiger partial charge is 0.497 e. The highest BCUT2D eigenvalue weighted by atomic mass is 16.5. The second-order valence-electron chi connectivity index (χ2n) is 8.73. The lowest BCUT2D eigenvalue weighted by Gasteiger charge is -2.36. The van der Waals surface area contributed by atoms with Crippen LogP contribution < -0.4 is 9.64 Å². The number of hydrogen-bond acceptors (Lipinski definition) is 6. The number of anilines is 1. The molecule has 1 saturated carbocycles. The number of amides is 2. The molecule has 8 nitrogen and oxygen atoms in total. The lowest BCUT2D eigenvalue weighted by molar-refractivity contribution is -0.143. The molecule has 2 aliphatic rings. The second-order valence-corrected chi connectivity index (χ2v) is 8.73. The first kappa shape index (κ1) is 22.0. The molecular weight excluding hydrogens is 406 g/mol. The monoisotopic (exact) mass is 437 g/mol. The van der Waals surface area contributed by atoms with Crippen molar-refractivity contribution in [1.82, 2.24) is 20.0 Å². The molecule has 1 saturated heterocycles. The van der Waals surface area contributed by atoms with Gasteiger partial charge in [-0.25, -0.2) is 0 Å². The first-order valence-electron chi connectivity index (χ1n) is 11.3. The molecule has 2 heterocycles. The summed E-state index contributed by atoms with van der Waals surface area (Å²) >= 11 is 0. The molecule has 1 aliphatic carbocycles. The molecule has 32 heavy (non-hydrogen) atoms. The molecule has 4 rings (SSSR count). The van der Waals surface area contributed by atoms with Crippen LogP contribution in [-0.2, 0) is 9.59 Å². The van der Waals surface area contributed by atoms with Crippen LogP contribution in [0.5, 0.6) is 5.75 Å². The molecule has 170 valence electrons. The van der Waals surface area contributed by atoms with Crippen molar-refractivity contribution in [2.75, 3.05) is 44.7 Å². The van der Waals surface area contributed by atoms with Gasteiger partial charge in [-0.2, -0.15) is 0 Å². The second kappa shape index (κ2) is 9.54. The molecule has 0 unspecified atom stereocenters. The molecule has 2 amide bonds. The van der Waals surface area contributed by atoms with Crippen LogP contribution in [0.4, 0.5) is 5.82 Å². The maximum absolute atomic E-state index is 12.8. The number of benzene rings is 1. The van der Waals surface area contributed by atoms with E-state index < -0.39 is 0 Å². The molecule has 1 aromatic heterocycles. The van der Waals surface area contributed by atoms with E-state index in [2.05, 4.69) is 15.1 Å². The number of methoxy groups -OCH3 is 1. The molecule has 0 spiro atoms. The third-order valence-electron chi connectivity index (χ3n) is 6.04. The van der Waals surface area contributed by atoms with Crippen LogP contribution in [-0.4, -0.2) is 77.7 Å². The van der Waals surface area contributed by atoms with Gasteiger partial charge in [0.25, 0.3) is 0 Å². The van der Waals surface area contributed by atoms with E-state index in [0.29, 0.717) is 26.2 Å². The zero-order chi connectivity index (χ0) is 22.7. The maximum Gasteiger partial charge on any atom is 0.242 e. The van der Waals surface area contributed by atoms with Crippen molar-refractivity contribution in [2.45, 2.75) is 32.7 Å². The Balaban J connectivity index is 1.33. The standard InChI is InChI=1S/C24H31N5O3/c1-17(2)24(31)29(19-7-8-19)16-23(30)28-13-11-27(12-14-28)22-10-9-21(25-26-22)18-5-4-6-20(15-18)32-3/h4-6,9-10,15,17,19H,7-8,11-14,16H2,1-3H3. The molecule has 8 heteroatoms. The Kier molecular flexibility index (Phi) is 6.58. The average Bonchev–Trinajstić information content (AvgIpc) is 3.67. The zero-order valence-corrected chi connectivity index (χ0v) is 19.0. The molecule has 2 aromatic rings. The summed E-state index contributed by atoms with van der Waals surface area (Å²) in [5.41, 5.74) is 1.74. The van der Waals surface area contributed by atoms with E-state index in [4.69, 9.17) is 4.74 Å². The summed E-state index contributed by atoms with van der Waals surface area (Å²) < 4.78 is 5.28. The summed E-state index contributed by atoms with van der Waals surface area (Å²) in [5.74, 6) is 1.61. The topological polar surface area (TPSA) is 78.9 Å². The number of rotatable bonds is 7. The van der Waals surface area contributed by atoms with E-state index in [1.807, 2.05) is 55.1 Å². The summed E-state index contributed by atoms with van der Waals surface area (Å²) in [7, 11) is 1.64. The molecule has 0 N–H and O–H groups in total. The summed E-state index contributed by atoms with van der Waals surface area (Å²) in [4.78, 5) is 31.1. The van der Waals surface area contributed by atoms with Crippen LogP contribution in [0.15, 0.2) is 36.4 Å². The Morgan fingerprint density at radius 1 is 1.09 bits per heavy atom. The van der Waals surface area contributed by atoms with Gasteiger partial charge in [0.05, 0.1) is 12.8 Å². The minimum absolute atomic E-state index is 0.0324. The predicted molar refractivity (Wildman–Crippen MR) is 122 cm³/mol. The van der Waals surface area contributed by atoms with Crippen LogP contribution in [0.1, 0.15) is 26.7 Å². The SMILES string of the molecule is COc1cccc(-c2ccc(N3CCN(C(=O)CN(C(=O)C(C)C)C4CC4)CC3)nn2)c1. The fourth-order valence-electron chi connectivity index (χ4n) is 3.97. The van der Waals surface area contributed by atoms with Crippen molar-refractivity contribution in [3.63, 3.8) is 0 Å². The van der Waals surface area contributed by atoms with Crippen molar-refractivity contribution in [3.8, 4) is 17.0 Å². The first-order valence-corrected chi connectivity index (χ1v) is 11.3. The summed E-state index contributed by atoms with van der Waals surface area (Å²) in [6.45, 7) is 6.60. The predicted octanol–water partition coefficient (Wildman–Crippen LogP) is 2.45. The summed E-state index contributed by atoms with van der Waals surface area (Å²) in [5, 5.41) is 8.79. The van der Waals surface area contributed by atoms with E-state index in [9.17, 15) is 9.59 Å². The van der Waals surface area contributed by atoms with Crippen molar-refractivity contribution < 1.29 is 14.3 Å². The van der Waals surface area contributed by atoms with Crippen LogP contribution in [0.3, 0.4) is 0 Å². The number of hydrogen-bond donors (Lipinski definition) is 0. The van der Waals surface area contributed by atoms with Gasteiger partial charge in [0, 0.05) is 43.7 Å². The fraction of sp³-hybridized carbons (Fsp3) is 0.500. The number of ether oxygens (including phenoxy) is 1. The van der Waals surface area contributed by atoms with Gasteiger partial charge in [-0.15, -0.1) is 10.2 Å². The van der Waals surface area contributed by atoms with Crippen LogP contribution >= 0.6 is 0 Å². The van der Waals surface area contributed by atoms with Crippen LogP contribution in [0.2, 0.25) is 0 Å². The number of aromatic nitrogens is 2. The third kappa shape index (κ3) is 5.00. The van der Waals surface area contributed by atoms with E-state index in [1.165, 1.54) is 0 Å². The lowest BCUT2D eigenvalue weighted by atomic mass is 10.1. The number of nitrogens with zero attached hydrogens (tertiary/aromatic N) is 5. The minimum Gasteiger partial charge on any atom is -0.497 e. The molecular formula is C24H31N5O3. The van der Waals surface area contributed by atoms with Crippen molar-refractivity contribution in [1.29, 1.82) is 0 Å². The van der Waals surface area contributed by atoms with Gasteiger partial charge in [0.1, 0.15) is 12.3 Å². The number of piperazine rings is 1. The quantitative estimate of drug-likeness (QED) is 0.662. The van der Waals surface area contributed by atoms with E-state index in [1.54, 1.807) is 12.0 Å². The van der Waals surface area contributed by atoms with Crippen molar-refractivity contribution >= 4 is 17.6 Å². The van der Waals surface area contributed by atoms with Gasteiger partial charge >= 0.3 is 0 Å². The highest BCUT2D eigenvalue weighted by molar-refractivity contribution is 5.86. The van der Waals surface area contributed by atoms with Gasteiger partial charge in [-0.05, 0) is 37.1 Å². The van der Waals surface area contributed by atoms with Gasteiger partial charge < -0.3 is 19.4 Å². The van der Waals surface area contributed by atoms with Crippen molar-refractivity contribution in [3.05, 3.63) is 36.4 Å². The lowest BCUT2D eigenvalue weighted by Crippen LogP contribution is -2.52. The summed E-state index contributed by atoms with van der Waals surface area (Å²) in [6, 6.07) is 11.9. The van der Waals surface area contributed by atoms with Gasteiger partial charge in [-0.1, -0.05) is 26.0 Å². The van der Waals surface area contributed by atoms with Crippen LogP contribution in [0.25, 0.3) is 11.3 Å². The van der Waals surface area contributed by atoms with Gasteiger partial charge in [0.2, 0.25) is 11.8 Å². The van der Waals surface area contributed by atoms with E-state index in [0.717, 1.165) is 35.7 Å². The Bertz CT molecular complexity index is 950. The fourth-order valence-corrected chi connectivity index (χ4v) is 3.97. The smallest absolute Gasteiger partial charge is 0.242 e. The molecule has 0 radical (unpaired) electrons. The maximum atomic E-state index is 12.8. The van der Waals surface area contributed by atoms with Crippen LogP contribution in [0, 0.1) is 5.92 Å². The van der Waals surface area contributed by atoms with Gasteiger partial charge in [0.15, 0.2) is 5.82 Å². The first-order chi connectivity index (χ1) is 15.5. The third-order valence-corrected chi connectivity index (χ3v) is 6.04. The van der Waals surface area contributed by atoms with E-state index in [-0.39, 0.29) is 30.3 Å². The Morgan fingerprint density at radius 2 is 1.84 bits per heavy atom. The molecule has 1 aromatic carbocycles. The number of carbonyl (C=O) groups is 2. The Hall–Kier alpha value is -3.16. The normalized spacial score (nSPS) is 16.2. The highest BCUT2D eigenvalue weighted by Crippen LogP contribution is 2.28.